The smallest absolute Gasteiger partial charge is 0.264 e. The quantitative estimate of drug-likeness (QED) is 0.792. The van der Waals surface area contributed by atoms with Crippen molar-refractivity contribution < 1.29 is 21.4 Å². The number of nitrogens with zero attached hydrogens (tertiary/aromatic N) is 1. The zero-order chi connectivity index (χ0) is 14.8. The summed E-state index contributed by atoms with van der Waals surface area (Å²) in [7, 11) is -3.46. The van der Waals surface area contributed by atoms with E-state index in [1.54, 1.807) is 19.1 Å². The predicted molar refractivity (Wildman–Crippen MR) is 71.1 cm³/mol. The van der Waals surface area contributed by atoms with Crippen LogP contribution in [0.4, 0.5) is 4.39 Å². The van der Waals surface area contributed by atoms with E-state index in [9.17, 15) is 12.8 Å². The molecule has 0 atom stereocenters. The molecule has 0 saturated heterocycles. The zero-order valence-electron chi connectivity index (χ0n) is 11.1. The lowest BCUT2D eigenvalue weighted by atomic mass is 10.2. The first-order valence-electron chi connectivity index (χ1n) is 5.92. The van der Waals surface area contributed by atoms with Crippen molar-refractivity contribution in [3.8, 4) is 11.5 Å². The summed E-state index contributed by atoms with van der Waals surface area (Å²) in [5, 5.41) is 0. The molecule has 0 amide bonds. The van der Waals surface area contributed by atoms with Gasteiger partial charge in [-0.2, -0.15) is 8.42 Å². The Morgan fingerprint density at radius 2 is 1.95 bits per heavy atom. The second-order valence-corrected chi connectivity index (χ2v) is 5.95. The zero-order valence-corrected chi connectivity index (χ0v) is 11.9. The van der Waals surface area contributed by atoms with Crippen molar-refractivity contribution in [2.45, 2.75) is 13.3 Å². The molecule has 108 valence electrons. The maximum absolute atomic E-state index is 12.8. The Hall–Kier alpha value is -1.73. The second-order valence-electron chi connectivity index (χ2n) is 4.30. The van der Waals surface area contributed by atoms with E-state index in [4.69, 9.17) is 4.42 Å². The number of aryl methyl sites for hydroxylation is 1. The Morgan fingerprint density at radius 1 is 1.30 bits per heavy atom. The highest BCUT2D eigenvalue weighted by molar-refractivity contribution is 7.85. The average Bonchev–Trinajstić information content (AvgIpc) is 2.70. The molecular formula is C13H14FNO4S. The van der Waals surface area contributed by atoms with Gasteiger partial charge in [0.15, 0.2) is 0 Å². The van der Waals surface area contributed by atoms with Crippen LogP contribution >= 0.6 is 0 Å². The summed E-state index contributed by atoms with van der Waals surface area (Å²) in [6.45, 7) is 1.74. The number of rotatable bonds is 5. The van der Waals surface area contributed by atoms with Crippen molar-refractivity contribution in [1.29, 1.82) is 0 Å². The van der Waals surface area contributed by atoms with Gasteiger partial charge in [-0.1, -0.05) is 0 Å². The first-order chi connectivity index (χ1) is 9.35. The summed E-state index contributed by atoms with van der Waals surface area (Å²) >= 11 is 0. The van der Waals surface area contributed by atoms with Crippen molar-refractivity contribution in [2.75, 3.05) is 12.9 Å². The van der Waals surface area contributed by atoms with E-state index < -0.39 is 10.1 Å². The van der Waals surface area contributed by atoms with Crippen LogP contribution in [0.1, 0.15) is 11.5 Å². The number of hydrogen-bond donors (Lipinski definition) is 0. The molecule has 0 aliphatic heterocycles. The third kappa shape index (κ3) is 3.88. The molecule has 0 bridgehead atoms. The maximum Gasteiger partial charge on any atom is 0.264 e. The largest absolute Gasteiger partial charge is 0.441 e. The first-order valence-corrected chi connectivity index (χ1v) is 7.73. The fraction of sp³-hybridized carbons (Fsp3) is 0.308. The second kappa shape index (κ2) is 5.72. The van der Waals surface area contributed by atoms with Gasteiger partial charge in [0.2, 0.25) is 5.89 Å². The Bertz CT molecular complexity index is 692. The molecule has 0 unspecified atom stereocenters. The number of oxazole rings is 1. The highest BCUT2D eigenvalue weighted by Crippen LogP contribution is 2.22. The molecule has 0 N–H and O–H groups in total. The molecule has 0 radical (unpaired) electrons. The van der Waals surface area contributed by atoms with Crippen LogP contribution in [0.5, 0.6) is 0 Å². The van der Waals surface area contributed by atoms with Gasteiger partial charge >= 0.3 is 0 Å². The Labute approximate surface area is 116 Å². The fourth-order valence-electron chi connectivity index (χ4n) is 1.67. The fourth-order valence-corrected chi connectivity index (χ4v) is 2.05. The highest BCUT2D eigenvalue weighted by Gasteiger charge is 2.12. The van der Waals surface area contributed by atoms with Crippen molar-refractivity contribution in [3.05, 3.63) is 41.5 Å². The minimum absolute atomic E-state index is 0.00899. The summed E-state index contributed by atoms with van der Waals surface area (Å²) in [6.07, 6.45) is 1.32. The predicted octanol–water partition coefficient (Wildman–Crippen LogP) is 2.31. The lowest BCUT2D eigenvalue weighted by Crippen LogP contribution is -2.06. The Morgan fingerprint density at radius 3 is 2.55 bits per heavy atom. The third-order valence-electron chi connectivity index (χ3n) is 2.62. The monoisotopic (exact) mass is 299 g/mol. The molecule has 2 aromatic rings. The molecule has 5 nitrogen and oxygen atoms in total. The summed E-state index contributed by atoms with van der Waals surface area (Å²) in [5.41, 5.74) is 1.28. The van der Waals surface area contributed by atoms with Crippen LogP contribution < -0.4 is 0 Å². The summed E-state index contributed by atoms with van der Waals surface area (Å²) in [6, 6.07) is 5.78. The molecule has 0 aliphatic rings. The molecule has 1 heterocycles. The van der Waals surface area contributed by atoms with Gasteiger partial charge in [-0.3, -0.25) is 4.18 Å². The molecule has 0 fully saturated rings. The van der Waals surface area contributed by atoms with Crippen LogP contribution in [0, 0.1) is 12.7 Å². The molecule has 7 heteroatoms. The van der Waals surface area contributed by atoms with E-state index in [0.717, 1.165) is 6.26 Å². The maximum atomic E-state index is 12.8. The summed E-state index contributed by atoms with van der Waals surface area (Å²) < 4.78 is 44.7. The molecule has 2 rings (SSSR count). The van der Waals surface area contributed by atoms with Gasteiger partial charge in [0.1, 0.15) is 11.6 Å². The molecule has 1 aromatic heterocycles. The van der Waals surface area contributed by atoms with Crippen LogP contribution in [0.2, 0.25) is 0 Å². The van der Waals surface area contributed by atoms with Crippen molar-refractivity contribution >= 4 is 10.1 Å². The third-order valence-corrected chi connectivity index (χ3v) is 3.21. The van der Waals surface area contributed by atoms with Gasteiger partial charge in [-0.15, -0.1) is 0 Å². The van der Waals surface area contributed by atoms with Gasteiger partial charge in [0.05, 0.1) is 18.6 Å². The van der Waals surface area contributed by atoms with Crippen LogP contribution in [-0.4, -0.2) is 26.3 Å². The summed E-state index contributed by atoms with van der Waals surface area (Å²) in [4.78, 5) is 4.27. The molecule has 1 aromatic carbocycles. The minimum atomic E-state index is -3.46. The number of benzene rings is 1. The average molecular weight is 299 g/mol. The van der Waals surface area contributed by atoms with E-state index in [2.05, 4.69) is 9.17 Å². The van der Waals surface area contributed by atoms with Crippen LogP contribution in [0.25, 0.3) is 11.5 Å². The minimum Gasteiger partial charge on any atom is -0.441 e. The van der Waals surface area contributed by atoms with Crippen LogP contribution in [0.3, 0.4) is 0 Å². The standard InChI is InChI=1S/C13H14FNO4S/c1-9-12(7-8-18-20(2,16)17)15-13(19-9)10-3-5-11(14)6-4-10/h3-6H,7-8H2,1-2H3. The van der Waals surface area contributed by atoms with Crippen LogP contribution in [0.15, 0.2) is 28.7 Å². The first kappa shape index (κ1) is 14.7. The van der Waals surface area contributed by atoms with Gasteiger partial charge < -0.3 is 4.42 Å². The van der Waals surface area contributed by atoms with Gasteiger partial charge in [-0.25, -0.2) is 9.37 Å². The number of halogens is 1. The molecule has 0 saturated carbocycles. The van der Waals surface area contributed by atoms with Crippen molar-refractivity contribution in [1.82, 2.24) is 4.98 Å². The topological polar surface area (TPSA) is 69.4 Å². The van der Waals surface area contributed by atoms with E-state index in [1.807, 2.05) is 0 Å². The summed E-state index contributed by atoms with van der Waals surface area (Å²) in [5.74, 6) is 0.622. The lowest BCUT2D eigenvalue weighted by molar-refractivity contribution is 0.324. The molecule has 20 heavy (non-hydrogen) atoms. The van der Waals surface area contributed by atoms with Gasteiger partial charge in [0, 0.05) is 12.0 Å². The molecular weight excluding hydrogens is 285 g/mol. The van der Waals surface area contributed by atoms with E-state index >= 15 is 0 Å². The van der Waals surface area contributed by atoms with E-state index in [0.29, 0.717) is 29.3 Å². The Balaban J connectivity index is 2.11. The van der Waals surface area contributed by atoms with E-state index in [-0.39, 0.29) is 12.4 Å². The van der Waals surface area contributed by atoms with Gasteiger partial charge in [-0.05, 0) is 31.2 Å². The van der Waals surface area contributed by atoms with Crippen molar-refractivity contribution in [3.63, 3.8) is 0 Å². The van der Waals surface area contributed by atoms with E-state index in [1.165, 1.54) is 12.1 Å². The van der Waals surface area contributed by atoms with Gasteiger partial charge in [0.25, 0.3) is 10.1 Å². The van der Waals surface area contributed by atoms with Crippen molar-refractivity contribution in [2.24, 2.45) is 0 Å². The number of hydrogen-bond acceptors (Lipinski definition) is 5. The Kier molecular flexibility index (Phi) is 4.20. The molecule has 0 aliphatic carbocycles. The number of aromatic nitrogens is 1. The molecule has 0 spiro atoms. The SMILES string of the molecule is Cc1oc(-c2ccc(F)cc2)nc1CCOS(C)(=O)=O. The van der Waals surface area contributed by atoms with Crippen LogP contribution in [-0.2, 0) is 20.7 Å². The normalized spacial score (nSPS) is 11.8. The highest BCUT2D eigenvalue weighted by atomic mass is 32.2. The lowest BCUT2D eigenvalue weighted by Gasteiger charge is -1.98.